The minimum Gasteiger partial charge on any atom is -0.455 e. The number of esters is 1. The summed E-state index contributed by atoms with van der Waals surface area (Å²) in [6.45, 7) is 20.3. The van der Waals surface area contributed by atoms with Crippen molar-refractivity contribution in [2.24, 2.45) is 16.7 Å². The predicted molar refractivity (Wildman–Crippen MR) is 137 cm³/mol. The number of carbonyl (C=O) groups excluding carboxylic acids is 3. The number of hydrogen-bond donors (Lipinski definition) is 2. The Labute approximate surface area is 219 Å². The van der Waals surface area contributed by atoms with Gasteiger partial charge >= 0.3 is 12.1 Å². The van der Waals surface area contributed by atoms with Gasteiger partial charge in [-0.1, -0.05) is 33.4 Å². The summed E-state index contributed by atoms with van der Waals surface area (Å²) in [5.41, 5.74) is -7.53. The van der Waals surface area contributed by atoms with Gasteiger partial charge in [0.1, 0.15) is 11.7 Å². The number of hydrogen-bond acceptors (Lipinski definition) is 8. The van der Waals surface area contributed by atoms with Crippen molar-refractivity contribution < 1.29 is 38.8 Å². The molecule has 0 unspecified atom stereocenters. The summed E-state index contributed by atoms with van der Waals surface area (Å²) in [7, 11) is 0. The molecule has 0 spiro atoms. The van der Waals surface area contributed by atoms with Crippen molar-refractivity contribution in [3.63, 3.8) is 0 Å². The topological polar surface area (TPSA) is 123 Å². The summed E-state index contributed by atoms with van der Waals surface area (Å²) in [6.07, 6.45) is -1.23. The lowest BCUT2D eigenvalue weighted by atomic mass is 9.39. The van der Waals surface area contributed by atoms with E-state index in [9.17, 15) is 24.6 Å². The number of fused-ring (bicyclic) bond motifs is 3. The summed E-state index contributed by atoms with van der Waals surface area (Å²) in [6, 6.07) is 0. The average molecular weight is 522 g/mol. The second-order valence-corrected chi connectivity index (χ2v) is 11.9. The van der Waals surface area contributed by atoms with E-state index in [0.29, 0.717) is 25.9 Å². The van der Waals surface area contributed by atoms with Crippen LogP contribution in [-0.2, 0) is 23.8 Å². The van der Waals surface area contributed by atoms with Crippen LogP contribution in [0.15, 0.2) is 25.3 Å². The van der Waals surface area contributed by atoms with Crippen LogP contribution in [0.5, 0.6) is 0 Å². The number of ether oxygens (including phenoxy) is 3. The number of aliphatic hydroxyl groups is 2. The molecular formula is C28H43NO8. The van der Waals surface area contributed by atoms with Gasteiger partial charge in [0.15, 0.2) is 17.5 Å². The Morgan fingerprint density at radius 2 is 1.73 bits per heavy atom. The lowest BCUT2D eigenvalue weighted by Crippen LogP contribution is -2.87. The fraction of sp³-hybridized carbons (Fsp3) is 0.750. The van der Waals surface area contributed by atoms with E-state index in [1.807, 2.05) is 13.8 Å². The minimum absolute atomic E-state index is 0.189. The molecule has 0 bridgehead atoms. The van der Waals surface area contributed by atoms with Crippen molar-refractivity contribution >= 4 is 17.8 Å². The normalized spacial score (nSPS) is 42.6. The summed E-state index contributed by atoms with van der Waals surface area (Å²) in [5.74, 6) is -2.08. The zero-order valence-electron chi connectivity index (χ0n) is 23.2. The Morgan fingerprint density at radius 3 is 2.24 bits per heavy atom. The largest absolute Gasteiger partial charge is 0.455 e. The van der Waals surface area contributed by atoms with Crippen LogP contribution in [0.4, 0.5) is 4.79 Å². The van der Waals surface area contributed by atoms with Crippen LogP contribution in [0.2, 0.25) is 0 Å². The molecule has 9 nitrogen and oxygen atoms in total. The first-order chi connectivity index (χ1) is 17.0. The highest BCUT2D eigenvalue weighted by Crippen LogP contribution is 2.67. The Morgan fingerprint density at radius 1 is 1.14 bits per heavy atom. The van der Waals surface area contributed by atoms with E-state index in [1.54, 1.807) is 27.7 Å². The van der Waals surface area contributed by atoms with Gasteiger partial charge in [-0.15, -0.1) is 6.58 Å². The third-order valence-corrected chi connectivity index (χ3v) is 9.37. The molecule has 0 radical (unpaired) electrons. The number of carbonyl (C=O) groups is 3. The third-order valence-electron chi connectivity index (χ3n) is 9.37. The van der Waals surface area contributed by atoms with Gasteiger partial charge in [-0.05, 0) is 46.0 Å². The summed E-state index contributed by atoms with van der Waals surface area (Å²) >= 11 is 0. The highest BCUT2D eigenvalue weighted by molar-refractivity contribution is 5.92. The van der Waals surface area contributed by atoms with Crippen LogP contribution in [-0.4, -0.2) is 81.2 Å². The van der Waals surface area contributed by atoms with E-state index in [1.165, 1.54) is 17.9 Å². The highest BCUT2D eigenvalue weighted by Gasteiger charge is 2.82. The molecule has 2 N–H and O–H groups in total. The molecule has 0 aromatic carbocycles. The minimum atomic E-state index is -2.28. The van der Waals surface area contributed by atoms with Gasteiger partial charge in [-0.3, -0.25) is 4.79 Å². The third kappa shape index (κ3) is 4.05. The fourth-order valence-corrected chi connectivity index (χ4v) is 7.41. The number of aliphatic hydroxyl groups excluding tert-OH is 1. The Hall–Kier alpha value is -2.23. The highest BCUT2D eigenvalue weighted by atomic mass is 16.6. The van der Waals surface area contributed by atoms with Crippen LogP contribution in [0, 0.1) is 16.7 Å². The maximum atomic E-state index is 14.0. The number of rotatable bonds is 6. The summed E-state index contributed by atoms with van der Waals surface area (Å²) in [4.78, 5) is 41.5. The molecule has 208 valence electrons. The van der Waals surface area contributed by atoms with E-state index in [0.717, 1.165) is 6.08 Å². The summed E-state index contributed by atoms with van der Waals surface area (Å²) in [5, 5.41) is 24.1. The van der Waals surface area contributed by atoms with Crippen LogP contribution in [0.1, 0.15) is 67.7 Å². The molecule has 1 heterocycles. The first-order valence-corrected chi connectivity index (χ1v) is 13.1. The predicted octanol–water partition coefficient (Wildman–Crippen LogP) is 3.17. The standard InChI is InChI=1S/C28H43NO8/c1-10-19(32)35-20-21-24(5,6)15-14-17(30)26(21,8)28(34)18(31)16-25(7,11-2)37-27(28,9)22(20)36-23(33)29(12-3)13-4/h10-11,17,20-22,30,34H,1-2,12-16H2,3-9H3/t17-,20-,21-,22-,25-,26-,27+,28-/m0/s1. The van der Waals surface area contributed by atoms with Crippen molar-refractivity contribution in [3.8, 4) is 0 Å². The van der Waals surface area contributed by atoms with Gasteiger partial charge in [-0.2, -0.15) is 0 Å². The van der Waals surface area contributed by atoms with Gasteiger partial charge in [-0.25, -0.2) is 9.59 Å². The molecule has 8 atom stereocenters. The second kappa shape index (κ2) is 9.50. The van der Waals surface area contributed by atoms with Crippen LogP contribution in [0.3, 0.4) is 0 Å². The van der Waals surface area contributed by atoms with Crippen molar-refractivity contribution in [2.75, 3.05) is 13.1 Å². The van der Waals surface area contributed by atoms with E-state index < -0.39 is 69.7 Å². The van der Waals surface area contributed by atoms with Crippen molar-refractivity contribution in [3.05, 3.63) is 25.3 Å². The SMILES string of the molecule is C=CC(=O)O[C@H]1[C@H]2C(C)(C)CC[C@H](O)[C@]2(C)[C@@]2(O)C(=O)C[C@](C)(C=C)O[C@]2(C)[C@H]1OC(=O)N(CC)CC. The second-order valence-electron chi connectivity index (χ2n) is 11.9. The van der Waals surface area contributed by atoms with E-state index >= 15 is 0 Å². The Kier molecular flexibility index (Phi) is 7.53. The molecule has 1 amide bonds. The zero-order chi connectivity index (χ0) is 28.2. The van der Waals surface area contributed by atoms with E-state index in [-0.39, 0.29) is 6.42 Å². The molecule has 2 aliphatic carbocycles. The van der Waals surface area contributed by atoms with Gasteiger partial charge < -0.3 is 29.3 Å². The number of amides is 1. The Balaban J connectivity index is 2.37. The fourth-order valence-electron chi connectivity index (χ4n) is 7.41. The Bertz CT molecular complexity index is 975. The monoisotopic (exact) mass is 521 g/mol. The smallest absolute Gasteiger partial charge is 0.410 e. The van der Waals surface area contributed by atoms with Crippen molar-refractivity contribution in [1.82, 2.24) is 4.90 Å². The number of ketones is 1. The summed E-state index contributed by atoms with van der Waals surface area (Å²) < 4.78 is 18.5. The molecule has 37 heavy (non-hydrogen) atoms. The maximum Gasteiger partial charge on any atom is 0.410 e. The quantitative estimate of drug-likeness (QED) is 0.310. The lowest BCUT2D eigenvalue weighted by molar-refractivity contribution is -0.369. The van der Waals surface area contributed by atoms with Gasteiger partial charge in [0.25, 0.3) is 0 Å². The molecule has 1 saturated heterocycles. The molecule has 1 aliphatic heterocycles. The first kappa shape index (κ1) is 29.3. The lowest BCUT2D eigenvalue weighted by Gasteiger charge is -2.71. The van der Waals surface area contributed by atoms with Crippen LogP contribution < -0.4 is 0 Å². The zero-order valence-corrected chi connectivity index (χ0v) is 23.2. The molecule has 3 aliphatic rings. The molecule has 0 aromatic heterocycles. The van der Waals surface area contributed by atoms with E-state index in [4.69, 9.17) is 14.2 Å². The molecule has 3 rings (SSSR count). The molecular weight excluding hydrogens is 478 g/mol. The number of nitrogens with zero attached hydrogens (tertiary/aromatic N) is 1. The molecule has 9 heteroatoms. The number of Topliss-reactive ketones (excluding diaryl/α,β-unsaturated/α-hetero) is 1. The van der Waals surface area contributed by atoms with Crippen LogP contribution in [0.25, 0.3) is 0 Å². The van der Waals surface area contributed by atoms with Crippen molar-refractivity contribution in [2.45, 2.75) is 103 Å². The first-order valence-electron chi connectivity index (χ1n) is 13.1. The van der Waals surface area contributed by atoms with E-state index in [2.05, 4.69) is 13.2 Å². The van der Waals surface area contributed by atoms with Gasteiger partial charge in [0, 0.05) is 36.9 Å². The average Bonchev–Trinajstić information content (AvgIpc) is 2.82. The molecule has 2 saturated carbocycles. The van der Waals surface area contributed by atoms with Crippen LogP contribution >= 0.6 is 0 Å². The van der Waals surface area contributed by atoms with Gasteiger partial charge in [0.05, 0.1) is 11.7 Å². The maximum absolute atomic E-state index is 14.0. The molecule has 3 fully saturated rings. The molecule has 0 aromatic rings. The van der Waals surface area contributed by atoms with Crippen molar-refractivity contribution in [1.29, 1.82) is 0 Å². The van der Waals surface area contributed by atoms with Gasteiger partial charge in [0.2, 0.25) is 0 Å².